The van der Waals surface area contributed by atoms with Crippen molar-refractivity contribution in [1.29, 1.82) is 0 Å². The molecule has 0 aromatic heterocycles. The Morgan fingerprint density at radius 3 is 2.00 bits per heavy atom. The molecule has 0 saturated carbocycles. The third-order valence-corrected chi connectivity index (χ3v) is 0.929. The molecule has 0 radical (unpaired) electrons. The first kappa shape index (κ1) is 18.1. The molecular formula is C8H17BrMgO. The van der Waals surface area contributed by atoms with Gasteiger partial charge in [-0.05, 0) is 20.8 Å². The molecule has 0 fully saturated rings. The van der Waals surface area contributed by atoms with Gasteiger partial charge in [-0.3, -0.25) is 0 Å². The van der Waals surface area contributed by atoms with Crippen LogP contribution in [0.3, 0.4) is 0 Å². The zero-order valence-corrected chi connectivity index (χ0v) is 10.8. The maximum Gasteiger partial charge on any atom is 2.00 e. The first-order chi connectivity index (χ1) is 4.06. The SMILES string of the molecule is [Br-].[CH2-]CCCOC(C)(C)C.[Mg+2]. The predicted molar refractivity (Wildman–Crippen MR) is 46.1 cm³/mol. The number of hydrogen-bond donors (Lipinski definition) is 0. The van der Waals surface area contributed by atoms with Crippen LogP contribution in [-0.4, -0.2) is 35.3 Å². The number of rotatable bonds is 3. The van der Waals surface area contributed by atoms with E-state index in [9.17, 15) is 0 Å². The van der Waals surface area contributed by atoms with Crippen LogP contribution in [0.15, 0.2) is 0 Å². The average molecular weight is 233 g/mol. The standard InChI is InChI=1S/C8H17O.BrH.Mg/c1-5-6-7-9-8(2,3)4;;/h1,5-7H2,2-4H3;1H;/q-1;;+2/p-1. The Morgan fingerprint density at radius 2 is 1.73 bits per heavy atom. The van der Waals surface area contributed by atoms with Crippen LogP contribution in [0.4, 0.5) is 0 Å². The van der Waals surface area contributed by atoms with Crippen LogP contribution in [0.5, 0.6) is 0 Å². The van der Waals surface area contributed by atoms with Gasteiger partial charge in [0.1, 0.15) is 0 Å². The van der Waals surface area contributed by atoms with E-state index in [1.807, 2.05) is 0 Å². The Morgan fingerprint density at radius 1 is 1.27 bits per heavy atom. The third kappa shape index (κ3) is 18.3. The minimum absolute atomic E-state index is 0. The van der Waals surface area contributed by atoms with Crippen molar-refractivity contribution >= 4 is 23.1 Å². The molecule has 0 saturated heterocycles. The van der Waals surface area contributed by atoms with Gasteiger partial charge in [0.25, 0.3) is 0 Å². The monoisotopic (exact) mass is 232 g/mol. The minimum Gasteiger partial charge on any atom is -1.00 e. The molecule has 0 unspecified atom stereocenters. The molecule has 64 valence electrons. The molecule has 0 aromatic carbocycles. The van der Waals surface area contributed by atoms with Crippen molar-refractivity contribution in [2.45, 2.75) is 39.2 Å². The Balaban J connectivity index is -0.000000320. The molecule has 0 N–H and O–H groups in total. The van der Waals surface area contributed by atoms with E-state index in [0.29, 0.717) is 0 Å². The van der Waals surface area contributed by atoms with Crippen molar-refractivity contribution in [1.82, 2.24) is 0 Å². The molecule has 0 aliphatic carbocycles. The Bertz CT molecular complexity index is 71.0. The van der Waals surface area contributed by atoms with E-state index < -0.39 is 0 Å². The number of unbranched alkanes of at least 4 members (excludes halogenated alkanes) is 1. The van der Waals surface area contributed by atoms with Gasteiger partial charge in [0.2, 0.25) is 0 Å². The van der Waals surface area contributed by atoms with Gasteiger partial charge in [-0.25, -0.2) is 0 Å². The topological polar surface area (TPSA) is 9.23 Å². The largest absolute Gasteiger partial charge is 2.00 e. The second-order valence-electron chi connectivity index (χ2n) is 3.17. The fraction of sp³-hybridized carbons (Fsp3) is 0.875. The fourth-order valence-electron chi connectivity index (χ4n) is 0.480. The third-order valence-electron chi connectivity index (χ3n) is 0.929. The summed E-state index contributed by atoms with van der Waals surface area (Å²) in [5.41, 5.74) is 0.0230. The van der Waals surface area contributed by atoms with Crippen LogP contribution in [0.25, 0.3) is 0 Å². The van der Waals surface area contributed by atoms with Crippen LogP contribution in [-0.2, 0) is 4.74 Å². The summed E-state index contributed by atoms with van der Waals surface area (Å²) in [6.45, 7) is 10.8. The van der Waals surface area contributed by atoms with Crippen LogP contribution < -0.4 is 17.0 Å². The second kappa shape index (κ2) is 9.30. The van der Waals surface area contributed by atoms with Gasteiger partial charge in [0.05, 0.1) is 5.60 Å². The second-order valence-corrected chi connectivity index (χ2v) is 3.17. The predicted octanol–water partition coefficient (Wildman–Crippen LogP) is -0.961. The molecule has 11 heavy (non-hydrogen) atoms. The number of hydrogen-bond acceptors (Lipinski definition) is 1. The summed E-state index contributed by atoms with van der Waals surface area (Å²) < 4.78 is 5.43. The summed E-state index contributed by atoms with van der Waals surface area (Å²) in [7, 11) is 0. The van der Waals surface area contributed by atoms with E-state index >= 15 is 0 Å². The van der Waals surface area contributed by atoms with Crippen molar-refractivity contribution in [3.63, 3.8) is 0 Å². The molecule has 0 aromatic rings. The van der Waals surface area contributed by atoms with Crippen molar-refractivity contribution in [2.75, 3.05) is 6.61 Å². The van der Waals surface area contributed by atoms with Gasteiger partial charge >= 0.3 is 23.1 Å². The summed E-state index contributed by atoms with van der Waals surface area (Å²) in [4.78, 5) is 0. The molecule has 0 bridgehead atoms. The van der Waals surface area contributed by atoms with Gasteiger partial charge in [-0.1, -0.05) is 6.42 Å². The van der Waals surface area contributed by atoms with Crippen LogP contribution in [0.2, 0.25) is 0 Å². The van der Waals surface area contributed by atoms with Crippen molar-refractivity contribution < 1.29 is 21.7 Å². The summed E-state index contributed by atoms with van der Waals surface area (Å²) in [6, 6.07) is 0. The molecule has 0 rings (SSSR count). The summed E-state index contributed by atoms with van der Waals surface area (Å²) in [5.74, 6) is 0. The molecule has 0 aliphatic heterocycles. The van der Waals surface area contributed by atoms with Gasteiger partial charge in [-0.15, -0.1) is 0 Å². The quantitative estimate of drug-likeness (QED) is 0.347. The molecule has 0 spiro atoms. The summed E-state index contributed by atoms with van der Waals surface area (Å²) in [6.07, 6.45) is 2.04. The molecule has 3 heteroatoms. The van der Waals surface area contributed by atoms with Crippen molar-refractivity contribution in [3.05, 3.63) is 6.92 Å². The molecule has 0 aliphatic rings. The maximum atomic E-state index is 5.43. The van der Waals surface area contributed by atoms with E-state index in [-0.39, 0.29) is 45.6 Å². The Labute approximate surface area is 97.2 Å². The summed E-state index contributed by atoms with van der Waals surface area (Å²) in [5, 5.41) is 0. The molecule has 0 amide bonds. The maximum absolute atomic E-state index is 5.43. The summed E-state index contributed by atoms with van der Waals surface area (Å²) >= 11 is 0. The van der Waals surface area contributed by atoms with Crippen LogP contribution >= 0.6 is 0 Å². The molecule has 0 heterocycles. The Hall–Kier alpha value is 1.21. The molecule has 0 atom stereocenters. The van der Waals surface area contributed by atoms with E-state index in [4.69, 9.17) is 4.74 Å². The van der Waals surface area contributed by atoms with Crippen LogP contribution in [0, 0.1) is 6.92 Å². The van der Waals surface area contributed by atoms with Crippen molar-refractivity contribution in [3.8, 4) is 0 Å². The normalized spacial score (nSPS) is 9.82. The molecule has 1 nitrogen and oxygen atoms in total. The van der Waals surface area contributed by atoms with E-state index in [0.717, 1.165) is 19.4 Å². The zero-order valence-electron chi connectivity index (χ0n) is 7.82. The fourth-order valence-corrected chi connectivity index (χ4v) is 0.480. The van der Waals surface area contributed by atoms with E-state index in [1.54, 1.807) is 0 Å². The first-order valence-electron chi connectivity index (χ1n) is 3.49. The first-order valence-corrected chi connectivity index (χ1v) is 3.49. The smallest absolute Gasteiger partial charge is 1.00 e. The van der Waals surface area contributed by atoms with Gasteiger partial charge in [-0.2, -0.15) is 6.42 Å². The minimum atomic E-state index is 0. The van der Waals surface area contributed by atoms with Gasteiger partial charge in [0.15, 0.2) is 0 Å². The average Bonchev–Trinajstić information content (AvgIpc) is 1.63. The zero-order chi connectivity index (χ0) is 7.33. The van der Waals surface area contributed by atoms with E-state index in [2.05, 4.69) is 27.7 Å². The number of halogens is 1. The molecular weight excluding hydrogens is 216 g/mol. The number of ether oxygens (including phenoxy) is 1. The van der Waals surface area contributed by atoms with Crippen molar-refractivity contribution in [2.24, 2.45) is 0 Å². The van der Waals surface area contributed by atoms with E-state index in [1.165, 1.54) is 0 Å². The van der Waals surface area contributed by atoms with Gasteiger partial charge < -0.3 is 28.6 Å². The van der Waals surface area contributed by atoms with Crippen LogP contribution in [0.1, 0.15) is 33.6 Å². The van der Waals surface area contributed by atoms with Gasteiger partial charge in [0, 0.05) is 6.61 Å². The Kier molecular flexibility index (Phi) is 15.3.